The van der Waals surface area contributed by atoms with Crippen molar-refractivity contribution >= 4 is 28.8 Å². The van der Waals surface area contributed by atoms with E-state index in [9.17, 15) is 9.59 Å². The van der Waals surface area contributed by atoms with Crippen molar-refractivity contribution < 1.29 is 14.3 Å². The third-order valence-corrected chi connectivity index (χ3v) is 5.82. The van der Waals surface area contributed by atoms with Gasteiger partial charge in [-0.05, 0) is 30.5 Å². The zero-order valence-electron chi connectivity index (χ0n) is 18.2. The quantitative estimate of drug-likeness (QED) is 0.536. The van der Waals surface area contributed by atoms with E-state index in [-0.39, 0.29) is 18.4 Å². The summed E-state index contributed by atoms with van der Waals surface area (Å²) in [6.07, 6.45) is 0. The Kier molecular flexibility index (Phi) is 7.41. The monoisotopic (exact) mass is 437 g/mol. The molecule has 0 spiro atoms. The average Bonchev–Trinajstić information content (AvgIpc) is 3.27. The molecule has 1 N–H and O–H groups in total. The number of nitrogens with zero attached hydrogens (tertiary/aromatic N) is 2. The molecule has 3 aromatic rings. The summed E-state index contributed by atoms with van der Waals surface area (Å²) in [5.41, 5.74) is 3.15. The highest BCUT2D eigenvalue weighted by Crippen LogP contribution is 2.26. The Labute approximate surface area is 186 Å². The number of hydrogen-bond acceptors (Lipinski definition) is 5. The van der Waals surface area contributed by atoms with Gasteiger partial charge in [-0.25, -0.2) is 4.98 Å². The number of nitrogens with one attached hydrogen (secondary N) is 1. The van der Waals surface area contributed by atoms with Crippen molar-refractivity contribution in [3.05, 3.63) is 65.2 Å². The summed E-state index contributed by atoms with van der Waals surface area (Å²) in [4.78, 5) is 31.5. The van der Waals surface area contributed by atoms with E-state index in [0.29, 0.717) is 29.6 Å². The zero-order valence-corrected chi connectivity index (χ0v) is 19.0. The van der Waals surface area contributed by atoms with Crippen LogP contribution >= 0.6 is 11.3 Å². The van der Waals surface area contributed by atoms with Gasteiger partial charge in [0, 0.05) is 17.5 Å². The number of likely N-dealkylation sites (N-methyl/N-ethyl adjacent to an activating group) is 1. The molecule has 1 aromatic heterocycles. The third-order valence-electron chi connectivity index (χ3n) is 4.93. The van der Waals surface area contributed by atoms with Crippen LogP contribution in [0.4, 0.5) is 5.69 Å². The Morgan fingerprint density at radius 2 is 1.84 bits per heavy atom. The molecule has 0 aliphatic heterocycles. The number of para-hydroxylation sites is 2. The molecule has 0 unspecified atom stereocenters. The van der Waals surface area contributed by atoms with Crippen molar-refractivity contribution in [1.29, 1.82) is 0 Å². The van der Waals surface area contributed by atoms with Crippen LogP contribution in [0.25, 0.3) is 10.6 Å². The first-order valence-electron chi connectivity index (χ1n) is 10.2. The van der Waals surface area contributed by atoms with E-state index in [1.807, 2.05) is 31.2 Å². The Hall–Kier alpha value is -3.19. The molecule has 162 valence electrons. The summed E-state index contributed by atoms with van der Waals surface area (Å²) in [7, 11) is 1.54. The number of aromatic nitrogens is 1. The number of carbonyl (C=O) groups excluding carboxylic acids is 2. The summed E-state index contributed by atoms with van der Waals surface area (Å²) in [5.74, 6) is 0.471. The number of carbonyl (C=O) groups is 2. The van der Waals surface area contributed by atoms with Crippen molar-refractivity contribution in [3.63, 3.8) is 0 Å². The molecule has 0 radical (unpaired) electrons. The molecule has 0 fully saturated rings. The SMILES string of the molecule is CCN(CC(=O)Nc1ccccc1OC)C(=O)c1csc(-c2ccc(C(C)C)cc2)n1. The fraction of sp³-hybridized carbons (Fsp3) is 0.292. The normalized spacial score (nSPS) is 10.7. The number of hydrogen-bond donors (Lipinski definition) is 1. The predicted molar refractivity (Wildman–Crippen MR) is 125 cm³/mol. The van der Waals surface area contributed by atoms with Crippen LogP contribution < -0.4 is 10.1 Å². The summed E-state index contributed by atoms with van der Waals surface area (Å²) < 4.78 is 5.26. The van der Waals surface area contributed by atoms with Gasteiger partial charge in [-0.2, -0.15) is 0 Å². The Morgan fingerprint density at radius 1 is 1.13 bits per heavy atom. The number of amides is 2. The van der Waals surface area contributed by atoms with E-state index in [0.717, 1.165) is 10.6 Å². The Bertz CT molecular complexity index is 1040. The van der Waals surface area contributed by atoms with Crippen LogP contribution in [0.15, 0.2) is 53.9 Å². The van der Waals surface area contributed by atoms with Gasteiger partial charge >= 0.3 is 0 Å². The van der Waals surface area contributed by atoms with Crippen molar-refractivity contribution in [2.45, 2.75) is 26.7 Å². The smallest absolute Gasteiger partial charge is 0.273 e. The first kappa shape index (κ1) is 22.5. The number of methoxy groups -OCH3 is 1. The number of rotatable bonds is 8. The molecule has 0 aliphatic carbocycles. The lowest BCUT2D eigenvalue weighted by Crippen LogP contribution is -2.38. The van der Waals surface area contributed by atoms with Gasteiger partial charge in [0.15, 0.2) is 0 Å². The molecule has 0 aliphatic rings. The second-order valence-corrected chi connectivity index (χ2v) is 8.24. The second kappa shape index (κ2) is 10.2. The maximum absolute atomic E-state index is 12.9. The molecule has 1 heterocycles. The first-order chi connectivity index (χ1) is 14.9. The van der Waals surface area contributed by atoms with Crippen LogP contribution in [0.3, 0.4) is 0 Å². The molecule has 0 bridgehead atoms. The summed E-state index contributed by atoms with van der Waals surface area (Å²) in [6, 6.07) is 15.4. The standard InChI is InChI=1S/C24H27N3O3S/c1-5-27(14-22(28)25-19-8-6-7-9-21(19)30-4)24(29)20-15-31-23(26-20)18-12-10-17(11-13-18)16(2)3/h6-13,15-16H,5,14H2,1-4H3,(H,25,28). The van der Waals surface area contributed by atoms with Crippen molar-refractivity contribution in [1.82, 2.24) is 9.88 Å². The third kappa shape index (κ3) is 5.49. The summed E-state index contributed by atoms with van der Waals surface area (Å²) in [5, 5.41) is 5.33. The molecule has 2 amide bonds. The fourth-order valence-corrected chi connectivity index (χ4v) is 3.92. The van der Waals surface area contributed by atoms with E-state index in [1.54, 1.807) is 24.6 Å². The van der Waals surface area contributed by atoms with Gasteiger partial charge in [0.1, 0.15) is 23.0 Å². The van der Waals surface area contributed by atoms with Gasteiger partial charge in [0.05, 0.1) is 12.8 Å². The minimum absolute atomic E-state index is 0.0661. The predicted octanol–water partition coefficient (Wildman–Crippen LogP) is 5.04. The molecule has 7 heteroatoms. The van der Waals surface area contributed by atoms with E-state index in [1.165, 1.54) is 21.8 Å². The van der Waals surface area contributed by atoms with E-state index < -0.39 is 0 Å². The molecule has 0 atom stereocenters. The topological polar surface area (TPSA) is 71.5 Å². The van der Waals surface area contributed by atoms with E-state index >= 15 is 0 Å². The molecule has 31 heavy (non-hydrogen) atoms. The zero-order chi connectivity index (χ0) is 22.4. The lowest BCUT2D eigenvalue weighted by atomic mass is 10.0. The van der Waals surface area contributed by atoms with Crippen LogP contribution in [0.1, 0.15) is 42.7 Å². The molecular formula is C24H27N3O3S. The molecular weight excluding hydrogens is 410 g/mol. The van der Waals surface area contributed by atoms with E-state index in [2.05, 4.69) is 36.3 Å². The van der Waals surface area contributed by atoms with Gasteiger partial charge in [-0.3, -0.25) is 9.59 Å². The van der Waals surface area contributed by atoms with Crippen molar-refractivity contribution in [3.8, 4) is 16.3 Å². The number of thiazole rings is 1. The number of ether oxygens (including phenoxy) is 1. The maximum atomic E-state index is 12.9. The Balaban J connectivity index is 1.68. The molecule has 6 nitrogen and oxygen atoms in total. The number of benzene rings is 2. The summed E-state index contributed by atoms with van der Waals surface area (Å²) >= 11 is 1.42. The van der Waals surface area contributed by atoms with E-state index in [4.69, 9.17) is 4.74 Å². The second-order valence-electron chi connectivity index (χ2n) is 7.38. The highest BCUT2D eigenvalue weighted by molar-refractivity contribution is 7.13. The largest absolute Gasteiger partial charge is 0.495 e. The van der Waals surface area contributed by atoms with Gasteiger partial charge in [0.25, 0.3) is 5.91 Å². The van der Waals surface area contributed by atoms with Gasteiger partial charge < -0.3 is 15.0 Å². The van der Waals surface area contributed by atoms with Crippen LogP contribution in [-0.4, -0.2) is 41.9 Å². The van der Waals surface area contributed by atoms with Gasteiger partial charge in [-0.15, -0.1) is 11.3 Å². The molecule has 2 aromatic carbocycles. The highest BCUT2D eigenvalue weighted by atomic mass is 32.1. The van der Waals surface area contributed by atoms with Crippen LogP contribution in [0.5, 0.6) is 5.75 Å². The molecule has 0 saturated heterocycles. The number of anilines is 1. The molecule has 3 rings (SSSR count). The summed E-state index contributed by atoms with van der Waals surface area (Å²) in [6.45, 7) is 6.47. The minimum Gasteiger partial charge on any atom is -0.495 e. The molecule has 0 saturated carbocycles. The average molecular weight is 438 g/mol. The fourth-order valence-electron chi connectivity index (χ4n) is 3.12. The minimum atomic E-state index is -0.292. The maximum Gasteiger partial charge on any atom is 0.273 e. The first-order valence-corrected chi connectivity index (χ1v) is 11.1. The van der Waals surface area contributed by atoms with Crippen molar-refractivity contribution in [2.24, 2.45) is 0 Å². The van der Waals surface area contributed by atoms with Gasteiger partial charge in [-0.1, -0.05) is 50.2 Å². The Morgan fingerprint density at radius 3 is 2.48 bits per heavy atom. The van der Waals surface area contributed by atoms with Crippen LogP contribution in [-0.2, 0) is 4.79 Å². The van der Waals surface area contributed by atoms with Crippen LogP contribution in [0.2, 0.25) is 0 Å². The van der Waals surface area contributed by atoms with Gasteiger partial charge in [0.2, 0.25) is 5.91 Å². The highest BCUT2D eigenvalue weighted by Gasteiger charge is 2.21. The lowest BCUT2D eigenvalue weighted by Gasteiger charge is -2.19. The van der Waals surface area contributed by atoms with Crippen LogP contribution in [0, 0.1) is 0 Å². The van der Waals surface area contributed by atoms with Crippen molar-refractivity contribution in [2.75, 3.05) is 25.5 Å². The lowest BCUT2D eigenvalue weighted by molar-refractivity contribution is -0.116.